The highest BCUT2D eigenvalue weighted by molar-refractivity contribution is 5.96. The molecular weight excluding hydrogens is 380 g/mol. The third-order valence-corrected chi connectivity index (χ3v) is 5.93. The van der Waals surface area contributed by atoms with Crippen LogP contribution in [0.15, 0.2) is 30.3 Å². The maximum atomic E-state index is 12.3. The zero-order valence-electron chi connectivity index (χ0n) is 18.5. The molecule has 0 N–H and O–H groups in total. The van der Waals surface area contributed by atoms with Crippen molar-refractivity contribution >= 4 is 11.8 Å². The second-order valence-corrected chi connectivity index (χ2v) is 8.31. The summed E-state index contributed by atoms with van der Waals surface area (Å²) in [5.74, 6) is 1.07. The van der Waals surface area contributed by atoms with Gasteiger partial charge in [0.2, 0.25) is 0 Å². The highest BCUT2D eigenvalue weighted by atomic mass is 16.5. The van der Waals surface area contributed by atoms with Crippen molar-refractivity contribution in [1.29, 1.82) is 0 Å². The molecular formula is C25H30O5. The van der Waals surface area contributed by atoms with Crippen LogP contribution < -0.4 is 9.47 Å². The number of methoxy groups -OCH3 is 1. The summed E-state index contributed by atoms with van der Waals surface area (Å²) in [5.41, 5.74) is 4.80. The first kappa shape index (κ1) is 21.9. The van der Waals surface area contributed by atoms with Gasteiger partial charge in [-0.2, -0.15) is 0 Å². The van der Waals surface area contributed by atoms with E-state index in [0.29, 0.717) is 13.0 Å². The van der Waals surface area contributed by atoms with Crippen molar-refractivity contribution < 1.29 is 23.8 Å². The van der Waals surface area contributed by atoms with Gasteiger partial charge in [0.1, 0.15) is 35.9 Å². The fourth-order valence-electron chi connectivity index (χ4n) is 4.06. The number of hydrogen-bond donors (Lipinski definition) is 0. The zero-order valence-corrected chi connectivity index (χ0v) is 18.5. The van der Waals surface area contributed by atoms with Gasteiger partial charge in [0.05, 0.1) is 7.11 Å². The first-order chi connectivity index (χ1) is 14.2. The Morgan fingerprint density at radius 1 is 1.07 bits per heavy atom. The number of Topliss-reactive ketones (excluding diaryl/α,β-unsaturated/α-hetero) is 1. The van der Waals surface area contributed by atoms with Gasteiger partial charge < -0.3 is 14.2 Å². The Hall–Kier alpha value is -2.82. The van der Waals surface area contributed by atoms with Gasteiger partial charge in [-0.05, 0) is 62.8 Å². The number of ether oxygens (including phenoxy) is 3. The molecule has 1 heterocycles. The van der Waals surface area contributed by atoms with Crippen LogP contribution in [0.1, 0.15) is 54.0 Å². The van der Waals surface area contributed by atoms with Gasteiger partial charge in [-0.25, -0.2) is 0 Å². The van der Waals surface area contributed by atoms with E-state index in [-0.39, 0.29) is 18.6 Å². The molecule has 0 fully saturated rings. The van der Waals surface area contributed by atoms with Crippen LogP contribution in [-0.2, 0) is 27.4 Å². The van der Waals surface area contributed by atoms with Gasteiger partial charge in [0.15, 0.2) is 0 Å². The standard InChI is InChI=1S/C25H30O5/c1-16-17(2)24-21(18(3)23(16)29-15-19-9-7-6-8-10-19)11-12-25(4,30-24)14-20(26)13-22(27)28-5/h6-10H,11-15H2,1-5H3. The third-order valence-electron chi connectivity index (χ3n) is 5.93. The Balaban J connectivity index is 1.81. The van der Waals surface area contributed by atoms with Crippen molar-refractivity contribution in [3.05, 3.63) is 58.1 Å². The number of esters is 1. The maximum Gasteiger partial charge on any atom is 0.313 e. The molecule has 0 aromatic heterocycles. The number of ketones is 1. The minimum absolute atomic E-state index is 0.165. The molecule has 0 spiro atoms. The van der Waals surface area contributed by atoms with Crippen molar-refractivity contribution in [2.75, 3.05) is 7.11 Å². The molecule has 1 aliphatic heterocycles. The zero-order chi connectivity index (χ0) is 21.9. The first-order valence-corrected chi connectivity index (χ1v) is 10.3. The van der Waals surface area contributed by atoms with E-state index in [1.165, 1.54) is 7.11 Å². The summed E-state index contributed by atoms with van der Waals surface area (Å²) in [4.78, 5) is 23.7. The molecule has 1 aliphatic rings. The van der Waals surface area contributed by atoms with Crippen molar-refractivity contribution in [2.24, 2.45) is 0 Å². The average molecular weight is 411 g/mol. The largest absolute Gasteiger partial charge is 0.488 e. The van der Waals surface area contributed by atoms with Gasteiger partial charge in [0.25, 0.3) is 0 Å². The van der Waals surface area contributed by atoms with E-state index in [2.05, 4.69) is 23.8 Å². The van der Waals surface area contributed by atoms with E-state index >= 15 is 0 Å². The highest BCUT2D eigenvalue weighted by Gasteiger charge is 2.36. The maximum absolute atomic E-state index is 12.3. The molecule has 1 atom stereocenters. The van der Waals surface area contributed by atoms with Crippen molar-refractivity contribution in [3.8, 4) is 11.5 Å². The van der Waals surface area contributed by atoms with E-state index in [0.717, 1.165) is 45.7 Å². The molecule has 0 bridgehead atoms. The summed E-state index contributed by atoms with van der Waals surface area (Å²) in [6, 6.07) is 10.1. The molecule has 5 nitrogen and oxygen atoms in total. The van der Waals surface area contributed by atoms with Crippen LogP contribution in [0.2, 0.25) is 0 Å². The van der Waals surface area contributed by atoms with Crippen LogP contribution in [-0.4, -0.2) is 24.5 Å². The van der Waals surface area contributed by atoms with Gasteiger partial charge in [-0.15, -0.1) is 0 Å². The number of rotatable bonds is 7. The minimum atomic E-state index is -0.631. The molecule has 160 valence electrons. The molecule has 2 aromatic rings. The van der Waals surface area contributed by atoms with Gasteiger partial charge in [0, 0.05) is 12.0 Å². The smallest absolute Gasteiger partial charge is 0.313 e. The van der Waals surface area contributed by atoms with Crippen LogP contribution in [0.3, 0.4) is 0 Å². The Morgan fingerprint density at radius 2 is 1.77 bits per heavy atom. The lowest BCUT2D eigenvalue weighted by molar-refractivity contribution is -0.144. The van der Waals surface area contributed by atoms with E-state index in [9.17, 15) is 9.59 Å². The van der Waals surface area contributed by atoms with E-state index in [4.69, 9.17) is 9.47 Å². The normalized spacial score (nSPS) is 17.6. The van der Waals surface area contributed by atoms with Gasteiger partial charge in [-0.3, -0.25) is 9.59 Å². The summed E-state index contributed by atoms with van der Waals surface area (Å²) >= 11 is 0. The van der Waals surface area contributed by atoms with E-state index < -0.39 is 11.6 Å². The number of hydrogen-bond acceptors (Lipinski definition) is 5. The van der Waals surface area contributed by atoms with Crippen molar-refractivity contribution in [2.45, 2.75) is 65.6 Å². The molecule has 0 aliphatic carbocycles. The molecule has 0 saturated carbocycles. The molecule has 2 aromatic carbocycles. The summed E-state index contributed by atoms with van der Waals surface area (Å²) < 4.78 is 17.2. The Labute approximate surface area is 178 Å². The van der Waals surface area contributed by atoms with Crippen molar-refractivity contribution in [1.82, 2.24) is 0 Å². The summed E-state index contributed by atoms with van der Waals surface area (Å²) in [6.45, 7) is 8.60. The van der Waals surface area contributed by atoms with Crippen LogP contribution in [0.4, 0.5) is 0 Å². The number of carbonyl (C=O) groups is 2. The first-order valence-electron chi connectivity index (χ1n) is 10.3. The van der Waals surface area contributed by atoms with Gasteiger partial charge >= 0.3 is 5.97 Å². The van der Waals surface area contributed by atoms with Crippen LogP contribution in [0, 0.1) is 20.8 Å². The quantitative estimate of drug-likeness (QED) is 0.485. The van der Waals surface area contributed by atoms with Gasteiger partial charge in [-0.1, -0.05) is 30.3 Å². The summed E-state index contributed by atoms with van der Waals surface area (Å²) in [5, 5.41) is 0. The second-order valence-electron chi connectivity index (χ2n) is 8.31. The third kappa shape index (κ3) is 4.66. The molecule has 0 amide bonds. The topological polar surface area (TPSA) is 61.8 Å². The fraction of sp³-hybridized carbons (Fsp3) is 0.440. The molecule has 5 heteroatoms. The monoisotopic (exact) mass is 410 g/mol. The molecule has 0 radical (unpaired) electrons. The lowest BCUT2D eigenvalue weighted by Crippen LogP contribution is -2.39. The Morgan fingerprint density at radius 3 is 2.43 bits per heavy atom. The fourth-order valence-corrected chi connectivity index (χ4v) is 4.06. The van der Waals surface area contributed by atoms with Crippen LogP contribution in [0.5, 0.6) is 11.5 Å². The number of fused-ring (bicyclic) bond motifs is 1. The Kier molecular flexibility index (Phi) is 6.49. The van der Waals surface area contributed by atoms with E-state index in [1.54, 1.807) is 0 Å². The van der Waals surface area contributed by atoms with Crippen molar-refractivity contribution in [3.63, 3.8) is 0 Å². The minimum Gasteiger partial charge on any atom is -0.488 e. The van der Waals surface area contributed by atoms with Crippen LogP contribution >= 0.6 is 0 Å². The Bertz CT molecular complexity index is 948. The SMILES string of the molecule is COC(=O)CC(=O)CC1(C)CCc2c(C)c(OCc3ccccc3)c(C)c(C)c2O1. The average Bonchev–Trinajstić information content (AvgIpc) is 2.72. The number of benzene rings is 2. The lowest BCUT2D eigenvalue weighted by atomic mass is 9.84. The molecule has 0 saturated heterocycles. The predicted octanol–water partition coefficient (Wildman–Crippen LogP) is 4.80. The summed E-state index contributed by atoms with van der Waals surface area (Å²) in [7, 11) is 1.29. The number of carbonyl (C=O) groups excluding carboxylic acids is 2. The molecule has 30 heavy (non-hydrogen) atoms. The lowest BCUT2D eigenvalue weighted by Gasteiger charge is -2.38. The van der Waals surface area contributed by atoms with E-state index in [1.807, 2.05) is 39.0 Å². The summed E-state index contributed by atoms with van der Waals surface area (Å²) in [6.07, 6.45) is 1.47. The molecule has 3 rings (SSSR count). The molecule has 1 unspecified atom stereocenters. The predicted molar refractivity (Wildman–Crippen MR) is 115 cm³/mol. The van der Waals surface area contributed by atoms with Crippen LogP contribution in [0.25, 0.3) is 0 Å². The second kappa shape index (κ2) is 8.90. The highest BCUT2D eigenvalue weighted by Crippen LogP contribution is 2.44.